The predicted molar refractivity (Wildman–Crippen MR) is 153 cm³/mol. The van der Waals surface area contributed by atoms with Crippen LogP contribution in [0.4, 0.5) is 5.69 Å². The van der Waals surface area contributed by atoms with Gasteiger partial charge < -0.3 is 4.74 Å². The summed E-state index contributed by atoms with van der Waals surface area (Å²) in [4.78, 5) is 7.41. The van der Waals surface area contributed by atoms with Crippen molar-refractivity contribution < 1.29 is 4.74 Å². The Labute approximate surface area is 217 Å². The quantitative estimate of drug-likeness (QED) is 0.0897. The summed E-state index contributed by atoms with van der Waals surface area (Å²) in [5, 5.41) is 0. The van der Waals surface area contributed by atoms with E-state index in [2.05, 4.69) is 55.5 Å². The van der Waals surface area contributed by atoms with Crippen molar-refractivity contribution in [1.29, 1.82) is 0 Å². The van der Waals surface area contributed by atoms with Crippen molar-refractivity contribution in [2.45, 2.75) is 21.3 Å². The van der Waals surface area contributed by atoms with Crippen LogP contribution in [0.5, 0.6) is 5.75 Å². The molecule has 0 fully saturated rings. The summed E-state index contributed by atoms with van der Waals surface area (Å²) < 4.78 is 6.57. The Morgan fingerprint density at radius 1 is 0.618 bits per heavy atom. The number of nitrogens with zero attached hydrogens (tertiary/aromatic N) is 1. The minimum absolute atomic E-state index is 0.0582. The molecule has 0 N–H and O–H groups in total. The largest absolute Gasteiger partial charge is 0.443 e. The van der Waals surface area contributed by atoms with Gasteiger partial charge in [0.05, 0.1) is 16.2 Å². The number of aliphatic imine (C=N–C) groups is 1. The van der Waals surface area contributed by atoms with Gasteiger partial charge in [0.2, 0.25) is 0 Å². The van der Waals surface area contributed by atoms with Crippen molar-refractivity contribution in [2.24, 2.45) is 10.9 Å². The number of rotatable bonds is 10. The van der Waals surface area contributed by atoms with Crippen LogP contribution < -0.4 is 4.74 Å². The molecular weight excluding hydrogens is 495 g/mol. The van der Waals surface area contributed by atoms with E-state index in [-0.39, 0.29) is 10.5 Å². The molecule has 4 rings (SSSR count). The fourth-order valence-electron chi connectivity index (χ4n) is 2.91. The molecule has 2 nitrogen and oxygen atoms in total. The van der Waals surface area contributed by atoms with E-state index < -0.39 is 0 Å². The van der Waals surface area contributed by atoms with Crippen LogP contribution >= 0.6 is 43.2 Å². The lowest BCUT2D eigenvalue weighted by Gasteiger charge is -2.23. The van der Waals surface area contributed by atoms with Gasteiger partial charge in [0.1, 0.15) is 5.75 Å². The summed E-state index contributed by atoms with van der Waals surface area (Å²) in [5.74, 6) is 1.57. The maximum absolute atomic E-state index is 6.37. The standard InChI is InChI=1S/C28H25NOS4/c1-22(27(29-23-14-6-2-7-15-23)30-24-16-8-3-9-17-24)28(33-31-25-18-10-4-11-19-25)34-32-26-20-12-5-13-21-26/h2-22,28H,1H3/b29-27-. The fourth-order valence-corrected chi connectivity index (χ4v) is 9.32. The minimum atomic E-state index is 0.0582. The second kappa shape index (κ2) is 13.6. The first-order chi connectivity index (χ1) is 16.8. The highest BCUT2D eigenvalue weighted by Gasteiger charge is 2.27. The van der Waals surface area contributed by atoms with Gasteiger partial charge in [-0.05, 0) is 48.5 Å². The summed E-state index contributed by atoms with van der Waals surface area (Å²) in [5.41, 5.74) is 0.889. The van der Waals surface area contributed by atoms with Crippen molar-refractivity contribution in [3.8, 4) is 5.75 Å². The first-order valence-electron chi connectivity index (χ1n) is 10.9. The Kier molecular flexibility index (Phi) is 9.94. The van der Waals surface area contributed by atoms with Gasteiger partial charge in [-0.3, -0.25) is 0 Å². The molecule has 0 aromatic heterocycles. The van der Waals surface area contributed by atoms with E-state index in [1.54, 1.807) is 21.6 Å². The smallest absolute Gasteiger partial charge is 0.200 e. The van der Waals surface area contributed by atoms with E-state index in [1.807, 2.05) is 94.4 Å². The first kappa shape index (κ1) is 24.9. The molecule has 0 heterocycles. The first-order valence-corrected chi connectivity index (χ1v) is 15.3. The van der Waals surface area contributed by atoms with Crippen LogP contribution in [0, 0.1) is 5.92 Å². The summed E-state index contributed by atoms with van der Waals surface area (Å²) in [6, 6.07) is 40.9. The average molecular weight is 520 g/mol. The van der Waals surface area contributed by atoms with Crippen LogP contribution in [0.25, 0.3) is 0 Å². The summed E-state index contributed by atoms with van der Waals surface area (Å²) in [6.45, 7) is 2.20. The van der Waals surface area contributed by atoms with Crippen LogP contribution in [0.1, 0.15) is 6.92 Å². The zero-order valence-corrected chi connectivity index (χ0v) is 22.0. The monoisotopic (exact) mass is 519 g/mol. The molecule has 0 aliphatic carbocycles. The van der Waals surface area contributed by atoms with Gasteiger partial charge in [-0.15, -0.1) is 0 Å². The average Bonchev–Trinajstić information content (AvgIpc) is 2.90. The molecule has 4 aromatic rings. The molecule has 1 atom stereocenters. The number of hydrogen-bond donors (Lipinski definition) is 0. The topological polar surface area (TPSA) is 21.6 Å². The predicted octanol–water partition coefficient (Wildman–Crippen LogP) is 9.64. The van der Waals surface area contributed by atoms with Crippen molar-refractivity contribution >= 4 is 54.8 Å². The van der Waals surface area contributed by atoms with Gasteiger partial charge in [-0.25, -0.2) is 4.99 Å². The third kappa shape index (κ3) is 7.91. The Morgan fingerprint density at radius 3 is 1.56 bits per heavy atom. The van der Waals surface area contributed by atoms with E-state index in [0.717, 1.165) is 11.4 Å². The van der Waals surface area contributed by atoms with E-state index in [4.69, 9.17) is 9.73 Å². The van der Waals surface area contributed by atoms with Crippen LogP contribution in [0.2, 0.25) is 0 Å². The van der Waals surface area contributed by atoms with Crippen LogP contribution in [0.3, 0.4) is 0 Å². The zero-order valence-electron chi connectivity index (χ0n) is 18.7. The number of para-hydroxylation sites is 2. The molecule has 0 bridgehead atoms. The maximum Gasteiger partial charge on any atom is 0.200 e. The van der Waals surface area contributed by atoms with E-state index in [0.29, 0.717) is 5.90 Å². The molecule has 0 saturated heterocycles. The second-order valence-electron chi connectivity index (χ2n) is 7.34. The lowest BCUT2D eigenvalue weighted by atomic mass is 10.2. The van der Waals surface area contributed by atoms with Gasteiger partial charge in [0.25, 0.3) is 0 Å². The molecule has 0 amide bonds. The number of ether oxygens (including phenoxy) is 1. The fraction of sp³-hybridized carbons (Fsp3) is 0.107. The normalized spacial score (nSPS) is 12.5. The Hall–Kier alpha value is -2.25. The van der Waals surface area contributed by atoms with Gasteiger partial charge >= 0.3 is 0 Å². The molecule has 0 radical (unpaired) electrons. The maximum atomic E-state index is 6.37. The van der Waals surface area contributed by atoms with Crippen molar-refractivity contribution in [3.05, 3.63) is 121 Å². The third-order valence-electron chi connectivity index (χ3n) is 4.72. The Balaban J connectivity index is 1.58. The summed E-state index contributed by atoms with van der Waals surface area (Å²) in [6.07, 6.45) is 0. The molecule has 6 heteroatoms. The molecule has 0 saturated carbocycles. The van der Waals surface area contributed by atoms with E-state index in [9.17, 15) is 0 Å². The molecule has 4 aromatic carbocycles. The Bertz CT molecular complexity index is 1100. The van der Waals surface area contributed by atoms with E-state index >= 15 is 0 Å². The molecule has 0 aliphatic heterocycles. The van der Waals surface area contributed by atoms with E-state index in [1.165, 1.54) is 9.79 Å². The SMILES string of the molecule is CC(/C(=N/c1ccccc1)Oc1ccccc1)C(SSc1ccccc1)SSc1ccccc1. The van der Waals surface area contributed by atoms with Gasteiger partial charge in [-0.2, -0.15) is 0 Å². The second-order valence-corrected chi connectivity index (χ2v) is 12.5. The summed E-state index contributed by atoms with van der Waals surface area (Å²) >= 11 is 0. The zero-order chi connectivity index (χ0) is 23.4. The Morgan fingerprint density at radius 2 is 1.06 bits per heavy atom. The van der Waals surface area contributed by atoms with Crippen LogP contribution in [-0.2, 0) is 0 Å². The highest BCUT2D eigenvalue weighted by molar-refractivity contribution is 8.85. The number of hydrogen-bond acceptors (Lipinski definition) is 6. The molecule has 0 spiro atoms. The van der Waals surface area contributed by atoms with Crippen LogP contribution in [-0.4, -0.2) is 10.5 Å². The van der Waals surface area contributed by atoms with Gasteiger partial charge in [0, 0.05) is 9.79 Å². The molecule has 172 valence electrons. The third-order valence-corrected chi connectivity index (χ3v) is 11.3. The summed E-state index contributed by atoms with van der Waals surface area (Å²) in [7, 11) is 7.29. The van der Waals surface area contributed by atoms with Crippen molar-refractivity contribution in [2.75, 3.05) is 0 Å². The minimum Gasteiger partial charge on any atom is -0.443 e. The lowest BCUT2D eigenvalue weighted by molar-refractivity contribution is 0.506. The highest BCUT2D eigenvalue weighted by atomic mass is 33.1. The van der Waals surface area contributed by atoms with Gasteiger partial charge in [-0.1, -0.05) is 123 Å². The molecular formula is C28H25NOS4. The molecule has 34 heavy (non-hydrogen) atoms. The van der Waals surface area contributed by atoms with Gasteiger partial charge in [0.15, 0.2) is 5.90 Å². The molecule has 0 aliphatic rings. The van der Waals surface area contributed by atoms with Crippen molar-refractivity contribution in [1.82, 2.24) is 0 Å². The molecule has 1 unspecified atom stereocenters. The number of benzene rings is 4. The lowest BCUT2D eigenvalue weighted by Crippen LogP contribution is -2.25. The van der Waals surface area contributed by atoms with Crippen LogP contribution in [0.15, 0.2) is 136 Å². The van der Waals surface area contributed by atoms with Crippen molar-refractivity contribution in [3.63, 3.8) is 0 Å². The highest BCUT2D eigenvalue weighted by Crippen LogP contribution is 2.48.